The average molecular weight is 513 g/mol. The molecule has 0 atom stereocenters. The molecule has 0 saturated carbocycles. The molecule has 0 N–H and O–H groups in total. The maximum atomic E-state index is 13.3. The van der Waals surface area contributed by atoms with E-state index in [1.54, 1.807) is 55.6 Å². The highest BCUT2D eigenvalue weighted by Gasteiger charge is 2.31. The third-order valence-corrected chi connectivity index (χ3v) is 5.76. The van der Waals surface area contributed by atoms with Crippen LogP contribution in [0.15, 0.2) is 89.1 Å². The molecule has 1 aromatic heterocycles. The Morgan fingerprint density at radius 1 is 1.08 bits per heavy atom. The number of ether oxygens (including phenoxy) is 1. The summed E-state index contributed by atoms with van der Waals surface area (Å²) in [4.78, 5) is 13.2. The Morgan fingerprint density at radius 2 is 1.83 bits per heavy atom. The van der Waals surface area contributed by atoms with Gasteiger partial charge in [0.05, 0.1) is 36.0 Å². The van der Waals surface area contributed by atoms with Crippen LogP contribution in [0.4, 0.5) is 18.9 Å². The SMILES string of the molecule is COc1ccc(-n2nnnc2SCC(=O)N(/N=C/c2ccccc2)c2cccc(C(F)(F)F)c2)cc1. The van der Waals surface area contributed by atoms with Crippen molar-refractivity contribution in [3.05, 3.63) is 90.0 Å². The third-order valence-electron chi connectivity index (χ3n) is 4.86. The Balaban J connectivity index is 1.57. The molecule has 0 unspecified atom stereocenters. The maximum absolute atomic E-state index is 13.3. The molecule has 184 valence electrons. The first-order valence-electron chi connectivity index (χ1n) is 10.5. The van der Waals surface area contributed by atoms with Gasteiger partial charge in [0.25, 0.3) is 5.91 Å². The zero-order valence-corrected chi connectivity index (χ0v) is 19.6. The van der Waals surface area contributed by atoms with Crippen molar-refractivity contribution in [2.24, 2.45) is 5.10 Å². The first-order valence-corrected chi connectivity index (χ1v) is 11.5. The lowest BCUT2D eigenvalue weighted by molar-refractivity contribution is -0.137. The second-order valence-corrected chi connectivity index (χ2v) is 8.21. The molecule has 0 spiro atoms. The Kier molecular flexibility index (Phi) is 7.64. The molecule has 1 heterocycles. The Hall–Kier alpha value is -4.19. The van der Waals surface area contributed by atoms with E-state index < -0.39 is 17.6 Å². The Labute approximate surface area is 208 Å². The van der Waals surface area contributed by atoms with E-state index >= 15 is 0 Å². The number of carbonyl (C=O) groups excluding carboxylic acids is 1. The molecule has 36 heavy (non-hydrogen) atoms. The number of amides is 1. The van der Waals surface area contributed by atoms with Gasteiger partial charge in [0.1, 0.15) is 5.75 Å². The van der Waals surface area contributed by atoms with E-state index in [4.69, 9.17) is 4.74 Å². The van der Waals surface area contributed by atoms with Gasteiger partial charge in [-0.3, -0.25) is 4.79 Å². The van der Waals surface area contributed by atoms with Gasteiger partial charge < -0.3 is 4.74 Å². The van der Waals surface area contributed by atoms with Crippen LogP contribution in [0.25, 0.3) is 5.69 Å². The number of methoxy groups -OCH3 is 1. The van der Waals surface area contributed by atoms with Crippen molar-refractivity contribution >= 4 is 29.6 Å². The first-order chi connectivity index (χ1) is 17.3. The van der Waals surface area contributed by atoms with Crippen LogP contribution >= 0.6 is 11.8 Å². The molecular weight excluding hydrogens is 493 g/mol. The van der Waals surface area contributed by atoms with Crippen LogP contribution in [0, 0.1) is 0 Å². The fraction of sp³-hybridized carbons (Fsp3) is 0.125. The average Bonchev–Trinajstić information content (AvgIpc) is 3.36. The van der Waals surface area contributed by atoms with Crippen LogP contribution in [-0.2, 0) is 11.0 Å². The second-order valence-electron chi connectivity index (χ2n) is 7.27. The van der Waals surface area contributed by atoms with E-state index in [2.05, 4.69) is 20.6 Å². The summed E-state index contributed by atoms with van der Waals surface area (Å²) in [6.45, 7) is 0. The molecule has 0 aliphatic carbocycles. The quantitative estimate of drug-likeness (QED) is 0.191. The molecule has 0 saturated heterocycles. The number of benzene rings is 3. The number of nitrogens with zero attached hydrogens (tertiary/aromatic N) is 6. The third kappa shape index (κ3) is 6.08. The largest absolute Gasteiger partial charge is 0.497 e. The molecule has 0 aliphatic heterocycles. The first kappa shape index (κ1) is 24.9. The summed E-state index contributed by atoms with van der Waals surface area (Å²) in [6, 6.07) is 20.3. The topological polar surface area (TPSA) is 85.5 Å². The number of carbonyl (C=O) groups is 1. The van der Waals surface area contributed by atoms with Crippen LogP contribution < -0.4 is 9.75 Å². The van der Waals surface area contributed by atoms with E-state index in [-0.39, 0.29) is 11.4 Å². The summed E-state index contributed by atoms with van der Waals surface area (Å²) in [6.07, 6.45) is -3.16. The van der Waals surface area contributed by atoms with Crippen LogP contribution in [0.5, 0.6) is 5.75 Å². The van der Waals surface area contributed by atoms with E-state index in [1.165, 1.54) is 23.0 Å². The summed E-state index contributed by atoms with van der Waals surface area (Å²) < 4.78 is 46.5. The smallest absolute Gasteiger partial charge is 0.416 e. The predicted molar refractivity (Wildman–Crippen MR) is 129 cm³/mol. The highest BCUT2D eigenvalue weighted by Crippen LogP contribution is 2.32. The second kappa shape index (κ2) is 11.0. The summed E-state index contributed by atoms with van der Waals surface area (Å²) in [5.74, 6) is -0.0844. The number of thioether (sulfide) groups is 1. The molecule has 0 fully saturated rings. The number of hydrazone groups is 1. The van der Waals surface area contributed by atoms with Crippen molar-refractivity contribution in [2.45, 2.75) is 11.3 Å². The number of tetrazole rings is 1. The molecule has 4 aromatic rings. The number of rotatable bonds is 8. The zero-order chi connectivity index (χ0) is 25.5. The van der Waals surface area contributed by atoms with Gasteiger partial charge in [-0.2, -0.15) is 23.0 Å². The highest BCUT2D eigenvalue weighted by atomic mass is 32.2. The van der Waals surface area contributed by atoms with Crippen LogP contribution in [0.3, 0.4) is 0 Å². The van der Waals surface area contributed by atoms with Crippen LogP contribution in [0.2, 0.25) is 0 Å². The lowest BCUT2D eigenvalue weighted by atomic mass is 10.2. The normalized spacial score (nSPS) is 11.6. The van der Waals surface area contributed by atoms with Gasteiger partial charge in [-0.05, 0) is 58.5 Å². The van der Waals surface area contributed by atoms with E-state index in [1.807, 2.05) is 6.07 Å². The number of alkyl halides is 3. The Morgan fingerprint density at radius 3 is 2.53 bits per heavy atom. The Bertz CT molecular complexity index is 1340. The summed E-state index contributed by atoms with van der Waals surface area (Å²) in [7, 11) is 1.55. The van der Waals surface area contributed by atoms with Crippen molar-refractivity contribution < 1.29 is 22.7 Å². The van der Waals surface area contributed by atoms with Crippen molar-refractivity contribution in [3.63, 3.8) is 0 Å². The predicted octanol–water partition coefficient (Wildman–Crippen LogP) is 4.85. The molecule has 0 aliphatic rings. The fourth-order valence-electron chi connectivity index (χ4n) is 3.09. The maximum Gasteiger partial charge on any atom is 0.416 e. The van der Waals surface area contributed by atoms with Gasteiger partial charge in [0.15, 0.2) is 0 Å². The lowest BCUT2D eigenvalue weighted by Gasteiger charge is -2.18. The van der Waals surface area contributed by atoms with Crippen molar-refractivity contribution in [2.75, 3.05) is 17.9 Å². The molecule has 12 heteroatoms. The molecule has 8 nitrogen and oxygen atoms in total. The minimum absolute atomic E-state index is 0.0163. The van der Waals surface area contributed by atoms with Gasteiger partial charge in [0.2, 0.25) is 5.16 Å². The van der Waals surface area contributed by atoms with Gasteiger partial charge in [-0.1, -0.05) is 48.2 Å². The van der Waals surface area contributed by atoms with E-state index in [0.29, 0.717) is 22.2 Å². The molecule has 1 amide bonds. The number of hydrogen-bond donors (Lipinski definition) is 0. The minimum atomic E-state index is -4.57. The van der Waals surface area contributed by atoms with Gasteiger partial charge in [-0.25, -0.2) is 5.01 Å². The number of aromatic nitrogens is 4. The van der Waals surface area contributed by atoms with E-state index in [0.717, 1.165) is 28.9 Å². The lowest BCUT2D eigenvalue weighted by Crippen LogP contribution is -2.28. The van der Waals surface area contributed by atoms with E-state index in [9.17, 15) is 18.0 Å². The summed E-state index contributed by atoms with van der Waals surface area (Å²) in [5, 5.41) is 17.0. The van der Waals surface area contributed by atoms with Crippen LogP contribution in [0.1, 0.15) is 11.1 Å². The molecule has 0 bridgehead atoms. The van der Waals surface area contributed by atoms with Gasteiger partial charge in [0, 0.05) is 0 Å². The minimum Gasteiger partial charge on any atom is -0.497 e. The standard InChI is InChI=1S/C24H19F3N6O2S/c1-35-21-12-10-19(11-13-21)33-23(29-30-31-33)36-16-22(34)32(28-15-17-6-3-2-4-7-17)20-9-5-8-18(14-20)24(25,26)27/h2-15H,16H2,1H3/b28-15+. The molecule has 4 rings (SSSR count). The van der Waals surface area contributed by atoms with Crippen molar-refractivity contribution in [3.8, 4) is 11.4 Å². The molecule has 3 aromatic carbocycles. The number of halogens is 3. The number of anilines is 1. The van der Waals surface area contributed by atoms with Crippen molar-refractivity contribution in [1.82, 2.24) is 20.2 Å². The van der Waals surface area contributed by atoms with Crippen molar-refractivity contribution in [1.29, 1.82) is 0 Å². The molecular formula is C24H19F3N6O2S. The monoisotopic (exact) mass is 512 g/mol. The molecule has 0 radical (unpaired) electrons. The van der Waals surface area contributed by atoms with Gasteiger partial charge in [-0.15, -0.1) is 5.10 Å². The van der Waals surface area contributed by atoms with Crippen LogP contribution in [-0.4, -0.2) is 45.2 Å². The summed E-state index contributed by atoms with van der Waals surface area (Å²) in [5.41, 5.74) is 0.423. The number of hydrogen-bond acceptors (Lipinski definition) is 7. The fourth-order valence-corrected chi connectivity index (χ4v) is 3.83. The summed E-state index contributed by atoms with van der Waals surface area (Å²) >= 11 is 1.03. The van der Waals surface area contributed by atoms with Gasteiger partial charge >= 0.3 is 6.18 Å². The zero-order valence-electron chi connectivity index (χ0n) is 18.8. The highest BCUT2D eigenvalue weighted by molar-refractivity contribution is 7.99.